The number of rotatable bonds is 4. The third-order valence-electron chi connectivity index (χ3n) is 3.68. The standard InChI is InChI=1S/C17H22N2OS/c1-17(2,3)15-11-21-16(19-15)10-18-9-13-8-12-6-4-5-7-14(12)20-13/h4-7,11,13,18H,8-10H2,1-3H3. The Morgan fingerprint density at radius 1 is 1.33 bits per heavy atom. The molecule has 0 radical (unpaired) electrons. The van der Waals surface area contributed by atoms with Gasteiger partial charge >= 0.3 is 0 Å². The van der Waals surface area contributed by atoms with Crippen LogP contribution in [0.15, 0.2) is 29.6 Å². The van der Waals surface area contributed by atoms with Gasteiger partial charge in [0.2, 0.25) is 0 Å². The van der Waals surface area contributed by atoms with Crippen molar-refractivity contribution in [2.24, 2.45) is 0 Å². The minimum Gasteiger partial charge on any atom is -0.488 e. The highest BCUT2D eigenvalue weighted by Crippen LogP contribution is 2.28. The van der Waals surface area contributed by atoms with E-state index in [-0.39, 0.29) is 11.5 Å². The van der Waals surface area contributed by atoms with Crippen LogP contribution in [-0.4, -0.2) is 17.6 Å². The van der Waals surface area contributed by atoms with Crippen molar-refractivity contribution in [2.45, 2.75) is 45.3 Å². The lowest BCUT2D eigenvalue weighted by molar-refractivity contribution is 0.227. The monoisotopic (exact) mass is 302 g/mol. The maximum atomic E-state index is 5.92. The lowest BCUT2D eigenvalue weighted by Crippen LogP contribution is -2.29. The van der Waals surface area contributed by atoms with Crippen LogP contribution in [0.3, 0.4) is 0 Å². The lowest BCUT2D eigenvalue weighted by atomic mass is 9.93. The summed E-state index contributed by atoms with van der Waals surface area (Å²) in [5.74, 6) is 1.04. The van der Waals surface area contributed by atoms with Crippen LogP contribution in [0, 0.1) is 0 Å². The molecule has 21 heavy (non-hydrogen) atoms. The fraction of sp³-hybridized carbons (Fsp3) is 0.471. The van der Waals surface area contributed by atoms with Crippen LogP contribution in [0.25, 0.3) is 0 Å². The molecule has 2 aromatic rings. The summed E-state index contributed by atoms with van der Waals surface area (Å²) >= 11 is 1.73. The topological polar surface area (TPSA) is 34.1 Å². The Labute approximate surface area is 130 Å². The highest BCUT2D eigenvalue weighted by atomic mass is 32.1. The fourth-order valence-corrected chi connectivity index (χ4v) is 3.43. The average molecular weight is 302 g/mol. The Balaban J connectivity index is 1.48. The zero-order valence-corrected chi connectivity index (χ0v) is 13.7. The van der Waals surface area contributed by atoms with Gasteiger partial charge in [-0.2, -0.15) is 0 Å². The molecule has 2 heterocycles. The third kappa shape index (κ3) is 3.44. The quantitative estimate of drug-likeness (QED) is 0.938. The van der Waals surface area contributed by atoms with Gasteiger partial charge in [0.05, 0.1) is 5.69 Å². The van der Waals surface area contributed by atoms with Crippen molar-refractivity contribution in [1.82, 2.24) is 10.3 Å². The normalized spacial score (nSPS) is 17.6. The summed E-state index contributed by atoms with van der Waals surface area (Å²) in [7, 11) is 0. The van der Waals surface area contributed by atoms with Crippen LogP contribution in [0.4, 0.5) is 0 Å². The van der Waals surface area contributed by atoms with Gasteiger partial charge < -0.3 is 10.1 Å². The van der Waals surface area contributed by atoms with Crippen LogP contribution in [0.5, 0.6) is 5.75 Å². The van der Waals surface area contributed by atoms with Crippen LogP contribution in [0.2, 0.25) is 0 Å². The lowest BCUT2D eigenvalue weighted by Gasteiger charge is -2.14. The number of fused-ring (bicyclic) bond motifs is 1. The average Bonchev–Trinajstić information content (AvgIpc) is 3.03. The minimum absolute atomic E-state index is 0.130. The van der Waals surface area contributed by atoms with Gasteiger partial charge in [-0.15, -0.1) is 11.3 Å². The van der Waals surface area contributed by atoms with E-state index < -0.39 is 0 Å². The van der Waals surface area contributed by atoms with Crippen LogP contribution >= 0.6 is 11.3 Å². The molecule has 4 heteroatoms. The maximum absolute atomic E-state index is 5.92. The first kappa shape index (κ1) is 14.5. The Morgan fingerprint density at radius 3 is 2.86 bits per heavy atom. The highest BCUT2D eigenvalue weighted by Gasteiger charge is 2.22. The minimum atomic E-state index is 0.130. The van der Waals surface area contributed by atoms with Gasteiger partial charge in [0, 0.05) is 30.3 Å². The number of hydrogen-bond acceptors (Lipinski definition) is 4. The van der Waals surface area contributed by atoms with Gasteiger partial charge in [-0.05, 0) is 11.6 Å². The van der Waals surface area contributed by atoms with Gasteiger partial charge in [-0.3, -0.25) is 0 Å². The van der Waals surface area contributed by atoms with Crippen molar-refractivity contribution in [3.63, 3.8) is 0 Å². The summed E-state index contributed by atoms with van der Waals surface area (Å²) in [6.45, 7) is 8.27. The molecule has 0 saturated carbocycles. The van der Waals surface area contributed by atoms with Crippen LogP contribution < -0.4 is 10.1 Å². The molecule has 1 aromatic carbocycles. The van der Waals surface area contributed by atoms with E-state index in [1.165, 1.54) is 11.3 Å². The van der Waals surface area contributed by atoms with Crippen molar-refractivity contribution in [3.05, 3.63) is 45.9 Å². The first-order valence-electron chi connectivity index (χ1n) is 7.42. The summed E-state index contributed by atoms with van der Waals surface area (Å²) in [4.78, 5) is 4.70. The second kappa shape index (κ2) is 5.78. The molecule has 1 aliphatic heterocycles. The van der Waals surface area contributed by atoms with Gasteiger partial charge in [0.1, 0.15) is 16.9 Å². The molecule has 0 aliphatic carbocycles. The molecule has 0 spiro atoms. The number of para-hydroxylation sites is 1. The number of hydrogen-bond donors (Lipinski definition) is 1. The molecule has 0 fully saturated rings. The van der Waals surface area contributed by atoms with Crippen molar-refractivity contribution in [3.8, 4) is 5.75 Å². The first-order chi connectivity index (χ1) is 10.0. The van der Waals surface area contributed by atoms with E-state index in [4.69, 9.17) is 9.72 Å². The van der Waals surface area contributed by atoms with Gasteiger partial charge in [0.15, 0.2) is 0 Å². The summed E-state index contributed by atoms with van der Waals surface area (Å²) in [6, 6.07) is 8.29. The predicted octanol–water partition coefficient (Wildman–Crippen LogP) is 3.53. The Morgan fingerprint density at radius 2 is 2.14 bits per heavy atom. The third-order valence-corrected chi connectivity index (χ3v) is 4.53. The molecule has 3 rings (SSSR count). The zero-order chi connectivity index (χ0) is 14.9. The maximum Gasteiger partial charge on any atom is 0.123 e. The molecule has 0 bridgehead atoms. The summed E-state index contributed by atoms with van der Waals surface area (Å²) in [5.41, 5.74) is 2.62. The molecule has 1 aliphatic rings. The number of nitrogens with zero attached hydrogens (tertiary/aromatic N) is 1. The molecule has 1 N–H and O–H groups in total. The molecule has 112 valence electrons. The number of aromatic nitrogens is 1. The Hall–Kier alpha value is -1.39. The summed E-state index contributed by atoms with van der Waals surface area (Å²) in [6.07, 6.45) is 1.23. The van der Waals surface area contributed by atoms with E-state index in [9.17, 15) is 0 Å². The van der Waals surface area contributed by atoms with Gasteiger partial charge in [-0.1, -0.05) is 39.0 Å². The van der Waals surface area contributed by atoms with E-state index in [1.807, 2.05) is 12.1 Å². The molecule has 0 amide bonds. The van der Waals surface area contributed by atoms with E-state index in [1.54, 1.807) is 11.3 Å². The Bertz CT molecular complexity index is 590. The van der Waals surface area contributed by atoms with Crippen molar-refractivity contribution in [1.29, 1.82) is 0 Å². The molecule has 1 unspecified atom stereocenters. The van der Waals surface area contributed by atoms with Crippen molar-refractivity contribution in [2.75, 3.05) is 6.54 Å². The second-order valence-electron chi connectivity index (χ2n) is 6.56. The number of ether oxygens (including phenoxy) is 1. The molecular weight excluding hydrogens is 280 g/mol. The van der Waals surface area contributed by atoms with Gasteiger partial charge in [-0.25, -0.2) is 4.98 Å². The number of benzene rings is 1. The fourth-order valence-electron chi connectivity index (χ4n) is 2.44. The van der Waals surface area contributed by atoms with E-state index >= 15 is 0 Å². The molecule has 1 aromatic heterocycles. The number of nitrogens with one attached hydrogen (secondary N) is 1. The number of thiazole rings is 1. The second-order valence-corrected chi connectivity index (χ2v) is 7.50. The largest absolute Gasteiger partial charge is 0.488 e. The van der Waals surface area contributed by atoms with Gasteiger partial charge in [0.25, 0.3) is 0 Å². The van der Waals surface area contributed by atoms with Crippen LogP contribution in [0.1, 0.15) is 37.0 Å². The van der Waals surface area contributed by atoms with Crippen LogP contribution in [-0.2, 0) is 18.4 Å². The van der Waals surface area contributed by atoms with Crippen molar-refractivity contribution < 1.29 is 4.74 Å². The summed E-state index contributed by atoms with van der Waals surface area (Å²) < 4.78 is 5.92. The molecular formula is C17H22N2OS. The molecule has 3 nitrogen and oxygen atoms in total. The Kier molecular flexibility index (Phi) is 4.00. The first-order valence-corrected chi connectivity index (χ1v) is 8.30. The van der Waals surface area contributed by atoms with E-state index in [0.717, 1.165) is 30.3 Å². The SMILES string of the molecule is CC(C)(C)c1csc(CNCC2Cc3ccccc3O2)n1. The summed E-state index contributed by atoms with van der Waals surface area (Å²) in [5, 5.41) is 6.78. The predicted molar refractivity (Wildman–Crippen MR) is 87.1 cm³/mol. The van der Waals surface area contributed by atoms with E-state index in [2.05, 4.69) is 43.6 Å². The molecule has 1 atom stereocenters. The highest BCUT2D eigenvalue weighted by molar-refractivity contribution is 7.09. The van der Waals surface area contributed by atoms with Crippen molar-refractivity contribution >= 4 is 11.3 Å². The zero-order valence-electron chi connectivity index (χ0n) is 12.8. The molecule has 0 saturated heterocycles. The smallest absolute Gasteiger partial charge is 0.123 e. The van der Waals surface area contributed by atoms with E-state index in [0.29, 0.717) is 0 Å².